The second-order valence-electron chi connectivity index (χ2n) is 6.51. The number of carbonyl (C=O) groups is 1. The highest BCUT2D eigenvalue weighted by Gasteiger charge is 2.17. The van der Waals surface area contributed by atoms with Gasteiger partial charge in [0.05, 0.1) is 5.92 Å². The van der Waals surface area contributed by atoms with Crippen LogP contribution in [-0.4, -0.2) is 17.0 Å². The van der Waals surface area contributed by atoms with Crippen LogP contribution in [0.4, 0.5) is 0 Å². The van der Waals surface area contributed by atoms with E-state index >= 15 is 0 Å². The lowest BCUT2D eigenvalue weighted by atomic mass is 9.96. The van der Waals surface area contributed by atoms with E-state index < -0.39 is 0 Å². The van der Waals surface area contributed by atoms with Gasteiger partial charge in [-0.25, -0.2) is 0 Å². The van der Waals surface area contributed by atoms with Crippen LogP contribution in [0.1, 0.15) is 36.9 Å². The van der Waals surface area contributed by atoms with Crippen LogP contribution in [-0.2, 0) is 11.3 Å². The maximum Gasteiger partial charge on any atom is 0.227 e. The van der Waals surface area contributed by atoms with Crippen molar-refractivity contribution in [3.05, 3.63) is 71.9 Å². The Kier molecular flexibility index (Phi) is 5.54. The number of hydrogen-bond acceptors (Lipinski definition) is 1. The summed E-state index contributed by atoms with van der Waals surface area (Å²) in [7, 11) is 0. The van der Waals surface area contributed by atoms with E-state index in [1.807, 2.05) is 30.3 Å². The van der Waals surface area contributed by atoms with Crippen LogP contribution in [0, 0.1) is 6.92 Å². The quantitative estimate of drug-likeness (QED) is 0.627. The molecule has 3 aromatic rings. The predicted molar refractivity (Wildman–Crippen MR) is 104 cm³/mol. The highest BCUT2D eigenvalue weighted by atomic mass is 16.1. The van der Waals surface area contributed by atoms with Gasteiger partial charge in [-0.15, -0.1) is 0 Å². The molecule has 130 valence electrons. The first-order valence-electron chi connectivity index (χ1n) is 9.08. The number of aromatic nitrogens is 1. The number of nitrogens with zero attached hydrogens (tertiary/aromatic N) is 1. The number of rotatable bonds is 7. The maximum atomic E-state index is 12.5. The van der Waals surface area contributed by atoms with Gasteiger partial charge in [0.15, 0.2) is 0 Å². The Labute approximate surface area is 149 Å². The fraction of sp³-hybridized carbons (Fsp3) is 0.318. The Bertz CT molecular complexity index is 836. The van der Waals surface area contributed by atoms with Gasteiger partial charge in [-0.05, 0) is 42.8 Å². The zero-order valence-corrected chi connectivity index (χ0v) is 15.0. The fourth-order valence-electron chi connectivity index (χ4n) is 3.47. The summed E-state index contributed by atoms with van der Waals surface area (Å²) < 4.78 is 2.33. The van der Waals surface area contributed by atoms with Crippen molar-refractivity contribution in [1.29, 1.82) is 0 Å². The number of hydrogen-bond donors (Lipinski definition) is 1. The first kappa shape index (κ1) is 17.3. The minimum Gasteiger partial charge on any atom is -0.356 e. The molecule has 1 heterocycles. The van der Waals surface area contributed by atoms with E-state index in [0.29, 0.717) is 6.54 Å². The maximum absolute atomic E-state index is 12.5. The number of nitrogens with one attached hydrogen (secondary N) is 1. The molecule has 0 fully saturated rings. The normalized spacial score (nSPS) is 12.2. The summed E-state index contributed by atoms with van der Waals surface area (Å²) in [4.78, 5) is 12.5. The lowest BCUT2D eigenvalue weighted by molar-refractivity contribution is -0.122. The second kappa shape index (κ2) is 8.02. The van der Waals surface area contributed by atoms with E-state index in [4.69, 9.17) is 0 Å². The number of carbonyl (C=O) groups excluding carboxylic acids is 1. The smallest absolute Gasteiger partial charge is 0.227 e. The molecule has 1 atom stereocenters. The van der Waals surface area contributed by atoms with Gasteiger partial charge in [0, 0.05) is 24.3 Å². The van der Waals surface area contributed by atoms with E-state index in [1.165, 1.54) is 16.6 Å². The van der Waals surface area contributed by atoms with E-state index in [2.05, 4.69) is 54.1 Å². The molecule has 0 saturated carbocycles. The Morgan fingerprint density at radius 3 is 2.56 bits per heavy atom. The zero-order valence-electron chi connectivity index (χ0n) is 15.0. The summed E-state index contributed by atoms with van der Waals surface area (Å²) in [6.45, 7) is 5.82. The Morgan fingerprint density at radius 2 is 1.80 bits per heavy atom. The van der Waals surface area contributed by atoms with Gasteiger partial charge < -0.3 is 9.88 Å². The molecular weight excluding hydrogens is 308 g/mol. The monoisotopic (exact) mass is 334 g/mol. The number of aryl methyl sites for hydroxylation is 2. The molecule has 0 aliphatic rings. The molecule has 1 aromatic heterocycles. The third-order valence-electron chi connectivity index (χ3n) is 4.80. The molecule has 0 aliphatic carbocycles. The van der Waals surface area contributed by atoms with Gasteiger partial charge in [-0.2, -0.15) is 0 Å². The molecule has 1 N–H and O–H groups in total. The minimum absolute atomic E-state index is 0.0599. The highest BCUT2D eigenvalue weighted by Crippen LogP contribution is 2.20. The van der Waals surface area contributed by atoms with E-state index in [9.17, 15) is 4.79 Å². The summed E-state index contributed by atoms with van der Waals surface area (Å²) >= 11 is 0. The van der Waals surface area contributed by atoms with Gasteiger partial charge in [0.2, 0.25) is 5.91 Å². The lowest BCUT2D eigenvalue weighted by Gasteiger charge is -2.16. The lowest BCUT2D eigenvalue weighted by Crippen LogP contribution is -2.30. The van der Waals surface area contributed by atoms with Crippen LogP contribution >= 0.6 is 0 Å². The van der Waals surface area contributed by atoms with Gasteiger partial charge in [0.25, 0.3) is 0 Å². The number of para-hydroxylation sites is 1. The highest BCUT2D eigenvalue weighted by molar-refractivity contribution is 5.83. The standard InChI is InChI=1S/C22H26N2O/c1-3-20(18-10-5-4-6-11-18)22(25)23-14-9-15-24-17(2)16-19-12-7-8-13-21(19)24/h4-8,10-13,16,20H,3,9,14-15H2,1-2H3,(H,23,25). The average molecular weight is 334 g/mol. The Hall–Kier alpha value is -2.55. The van der Waals surface area contributed by atoms with Crippen molar-refractivity contribution >= 4 is 16.8 Å². The summed E-state index contributed by atoms with van der Waals surface area (Å²) in [5, 5.41) is 4.39. The summed E-state index contributed by atoms with van der Waals surface area (Å²) in [5.74, 6) is 0.0677. The molecule has 25 heavy (non-hydrogen) atoms. The van der Waals surface area contributed by atoms with Crippen molar-refractivity contribution in [3.8, 4) is 0 Å². The molecule has 3 nitrogen and oxygen atoms in total. The fourth-order valence-corrected chi connectivity index (χ4v) is 3.47. The zero-order chi connectivity index (χ0) is 17.6. The number of amides is 1. The van der Waals surface area contributed by atoms with Crippen LogP contribution in [0.25, 0.3) is 10.9 Å². The van der Waals surface area contributed by atoms with Gasteiger partial charge in [0.1, 0.15) is 0 Å². The van der Waals surface area contributed by atoms with Crippen molar-refractivity contribution in [2.75, 3.05) is 6.54 Å². The van der Waals surface area contributed by atoms with E-state index in [1.54, 1.807) is 0 Å². The summed E-state index contributed by atoms with van der Waals surface area (Å²) in [6, 6.07) is 20.7. The van der Waals surface area contributed by atoms with Gasteiger partial charge in [-0.3, -0.25) is 4.79 Å². The largest absolute Gasteiger partial charge is 0.356 e. The van der Waals surface area contributed by atoms with Crippen molar-refractivity contribution in [2.45, 2.75) is 39.2 Å². The third kappa shape index (κ3) is 3.93. The second-order valence-corrected chi connectivity index (χ2v) is 6.51. The van der Waals surface area contributed by atoms with Crippen LogP contribution < -0.4 is 5.32 Å². The topological polar surface area (TPSA) is 34.0 Å². The molecule has 1 amide bonds. The van der Waals surface area contributed by atoms with Gasteiger partial charge >= 0.3 is 0 Å². The average Bonchev–Trinajstić information content (AvgIpc) is 2.95. The van der Waals surface area contributed by atoms with Crippen molar-refractivity contribution in [2.24, 2.45) is 0 Å². The van der Waals surface area contributed by atoms with Crippen LogP contribution in [0.2, 0.25) is 0 Å². The van der Waals surface area contributed by atoms with Crippen LogP contribution in [0.5, 0.6) is 0 Å². The third-order valence-corrected chi connectivity index (χ3v) is 4.80. The molecule has 0 radical (unpaired) electrons. The van der Waals surface area contributed by atoms with Crippen molar-refractivity contribution in [3.63, 3.8) is 0 Å². The van der Waals surface area contributed by atoms with E-state index in [-0.39, 0.29) is 11.8 Å². The first-order chi connectivity index (χ1) is 12.2. The minimum atomic E-state index is -0.0599. The van der Waals surface area contributed by atoms with Gasteiger partial charge in [-0.1, -0.05) is 55.5 Å². The summed E-state index contributed by atoms with van der Waals surface area (Å²) in [5.41, 5.74) is 3.63. The molecule has 3 heteroatoms. The Morgan fingerprint density at radius 1 is 1.08 bits per heavy atom. The molecular formula is C22H26N2O. The van der Waals surface area contributed by atoms with Crippen LogP contribution in [0.3, 0.4) is 0 Å². The molecule has 2 aromatic carbocycles. The first-order valence-corrected chi connectivity index (χ1v) is 9.08. The molecule has 0 bridgehead atoms. The number of fused-ring (bicyclic) bond motifs is 1. The summed E-state index contributed by atoms with van der Waals surface area (Å²) in [6.07, 6.45) is 1.74. The molecule has 1 unspecified atom stereocenters. The number of benzene rings is 2. The predicted octanol–water partition coefficient (Wildman–Crippen LogP) is 4.65. The molecule has 0 saturated heterocycles. The molecule has 0 spiro atoms. The van der Waals surface area contributed by atoms with Crippen LogP contribution in [0.15, 0.2) is 60.7 Å². The Balaban J connectivity index is 1.55. The van der Waals surface area contributed by atoms with Crippen molar-refractivity contribution in [1.82, 2.24) is 9.88 Å². The van der Waals surface area contributed by atoms with Crippen molar-refractivity contribution < 1.29 is 4.79 Å². The van der Waals surface area contributed by atoms with E-state index in [0.717, 1.165) is 24.9 Å². The molecule has 0 aliphatic heterocycles. The SMILES string of the molecule is CCC(C(=O)NCCCn1c(C)cc2ccccc21)c1ccccc1. The molecule has 3 rings (SSSR count).